The monoisotopic (exact) mass is 299 g/mol. The van der Waals surface area contributed by atoms with E-state index in [-0.39, 0.29) is 0 Å². The summed E-state index contributed by atoms with van der Waals surface area (Å²) in [4.78, 5) is 15.6. The molecule has 0 saturated carbocycles. The number of hydrazine groups is 1. The fourth-order valence-electron chi connectivity index (χ4n) is 1.93. The number of hydrogen-bond acceptors (Lipinski definition) is 8. The number of nitrogens with one attached hydrogen (secondary N) is 2. The minimum Gasteiger partial charge on any atom is -0.394 e. The third kappa shape index (κ3) is 3.53. The van der Waals surface area contributed by atoms with Crippen LogP contribution in [0.2, 0.25) is 0 Å². The zero-order chi connectivity index (χ0) is 15.4. The first-order valence-corrected chi connectivity index (χ1v) is 6.31. The molecule has 5 atom stereocenters. The first kappa shape index (κ1) is 15.8. The van der Waals surface area contributed by atoms with Crippen molar-refractivity contribution < 1.29 is 30.0 Å². The normalized spacial score (nSPS) is 32.7. The average Bonchev–Trinajstić information content (AvgIpc) is 2.52. The van der Waals surface area contributed by atoms with E-state index in [2.05, 4.69) is 15.8 Å². The Morgan fingerprint density at radius 1 is 1.19 bits per heavy atom. The van der Waals surface area contributed by atoms with Gasteiger partial charge in [0.25, 0.3) is 5.91 Å². The smallest absolute Gasteiger partial charge is 0.265 e. The number of nitrogens with zero attached hydrogens (tertiary/aromatic N) is 1. The molecule has 1 unspecified atom stereocenters. The largest absolute Gasteiger partial charge is 0.394 e. The summed E-state index contributed by atoms with van der Waals surface area (Å²) < 4.78 is 5.17. The van der Waals surface area contributed by atoms with Crippen molar-refractivity contribution in [2.75, 3.05) is 6.61 Å². The molecular weight excluding hydrogens is 282 g/mol. The predicted octanol–water partition coefficient (Wildman–Crippen LogP) is -2.88. The van der Waals surface area contributed by atoms with Gasteiger partial charge in [0.05, 0.1) is 6.61 Å². The molecule has 0 aliphatic carbocycles. The van der Waals surface area contributed by atoms with Crippen LogP contribution in [0.1, 0.15) is 10.4 Å². The van der Waals surface area contributed by atoms with Crippen LogP contribution in [-0.4, -0.2) is 68.6 Å². The molecule has 9 nitrogen and oxygen atoms in total. The lowest BCUT2D eigenvalue weighted by atomic mass is 9.99. The van der Waals surface area contributed by atoms with Gasteiger partial charge in [-0.25, -0.2) is 5.43 Å². The average molecular weight is 299 g/mol. The van der Waals surface area contributed by atoms with E-state index in [1.54, 1.807) is 0 Å². The van der Waals surface area contributed by atoms with Crippen molar-refractivity contribution in [2.24, 2.45) is 0 Å². The number of aliphatic hydroxyl groups is 4. The topological polar surface area (TPSA) is 144 Å². The molecule has 0 bridgehead atoms. The van der Waals surface area contributed by atoms with Gasteiger partial charge < -0.3 is 25.2 Å². The molecule has 21 heavy (non-hydrogen) atoms. The molecule has 0 aromatic carbocycles. The summed E-state index contributed by atoms with van der Waals surface area (Å²) in [6.45, 7) is -0.540. The van der Waals surface area contributed by atoms with Crippen molar-refractivity contribution in [1.82, 2.24) is 15.8 Å². The van der Waals surface area contributed by atoms with Crippen molar-refractivity contribution in [3.63, 3.8) is 0 Å². The first-order valence-electron chi connectivity index (χ1n) is 6.31. The SMILES string of the molecule is O=C(NN[C@@H]1OC(CO)[C@H](O)[C@H](O)[C@@H]1O)c1ccncc1. The van der Waals surface area contributed by atoms with Gasteiger partial charge in [-0.3, -0.25) is 15.2 Å². The van der Waals surface area contributed by atoms with Gasteiger partial charge in [-0.15, -0.1) is 0 Å². The Kier molecular flexibility index (Phi) is 5.17. The zero-order valence-electron chi connectivity index (χ0n) is 11.0. The summed E-state index contributed by atoms with van der Waals surface area (Å²) in [5.74, 6) is -0.491. The fourth-order valence-corrected chi connectivity index (χ4v) is 1.93. The molecule has 6 N–H and O–H groups in total. The lowest BCUT2D eigenvalue weighted by molar-refractivity contribution is -0.238. The number of amides is 1. The van der Waals surface area contributed by atoms with E-state index in [4.69, 9.17) is 9.84 Å². The second kappa shape index (κ2) is 6.89. The van der Waals surface area contributed by atoms with Crippen molar-refractivity contribution in [1.29, 1.82) is 0 Å². The molecule has 1 aromatic rings. The van der Waals surface area contributed by atoms with E-state index in [0.717, 1.165) is 0 Å². The van der Waals surface area contributed by atoms with Gasteiger partial charge in [-0.1, -0.05) is 0 Å². The Labute approximate surface area is 120 Å². The summed E-state index contributed by atoms with van der Waals surface area (Å²) >= 11 is 0. The van der Waals surface area contributed by atoms with E-state index in [0.29, 0.717) is 5.56 Å². The number of ether oxygens (including phenoxy) is 1. The number of aromatic nitrogens is 1. The number of carbonyl (C=O) groups excluding carboxylic acids is 1. The number of aliphatic hydroxyl groups excluding tert-OH is 4. The second-order valence-corrected chi connectivity index (χ2v) is 4.58. The Morgan fingerprint density at radius 3 is 2.48 bits per heavy atom. The quantitative estimate of drug-likeness (QED) is 0.325. The Balaban J connectivity index is 1.94. The van der Waals surface area contributed by atoms with Crippen molar-refractivity contribution in [3.05, 3.63) is 30.1 Å². The predicted molar refractivity (Wildman–Crippen MR) is 68.6 cm³/mol. The number of rotatable bonds is 4. The van der Waals surface area contributed by atoms with E-state index in [1.165, 1.54) is 24.5 Å². The van der Waals surface area contributed by atoms with Crippen LogP contribution in [0.5, 0.6) is 0 Å². The lowest BCUT2D eigenvalue weighted by Gasteiger charge is -2.40. The number of carbonyl (C=O) groups is 1. The molecule has 0 spiro atoms. The van der Waals surface area contributed by atoms with Crippen LogP contribution >= 0.6 is 0 Å². The van der Waals surface area contributed by atoms with Crippen molar-refractivity contribution >= 4 is 5.91 Å². The van der Waals surface area contributed by atoms with Gasteiger partial charge in [0.2, 0.25) is 0 Å². The summed E-state index contributed by atoms with van der Waals surface area (Å²) in [5, 5.41) is 38.0. The molecule has 1 aliphatic heterocycles. The van der Waals surface area contributed by atoms with Crippen LogP contribution in [0.4, 0.5) is 0 Å². The maximum Gasteiger partial charge on any atom is 0.265 e. The molecule has 1 amide bonds. The van der Waals surface area contributed by atoms with Crippen LogP contribution in [0.3, 0.4) is 0 Å². The molecule has 0 radical (unpaired) electrons. The minimum atomic E-state index is -1.51. The lowest BCUT2D eigenvalue weighted by Crippen LogP contribution is -2.64. The van der Waals surface area contributed by atoms with Crippen molar-refractivity contribution in [2.45, 2.75) is 30.6 Å². The third-order valence-electron chi connectivity index (χ3n) is 3.16. The maximum atomic E-state index is 11.8. The zero-order valence-corrected chi connectivity index (χ0v) is 11.0. The number of pyridine rings is 1. The summed E-state index contributed by atoms with van der Waals surface area (Å²) in [7, 11) is 0. The molecule has 9 heteroatoms. The van der Waals surface area contributed by atoms with Gasteiger partial charge in [0.15, 0.2) is 6.23 Å². The molecule has 116 valence electrons. The Hall–Kier alpha value is -1.62. The third-order valence-corrected chi connectivity index (χ3v) is 3.16. The van der Waals surface area contributed by atoms with Crippen LogP contribution in [-0.2, 0) is 4.74 Å². The van der Waals surface area contributed by atoms with E-state index >= 15 is 0 Å². The molecule has 2 rings (SSSR count). The van der Waals surface area contributed by atoms with Gasteiger partial charge in [0, 0.05) is 18.0 Å². The number of hydrogen-bond donors (Lipinski definition) is 6. The van der Waals surface area contributed by atoms with Gasteiger partial charge >= 0.3 is 0 Å². The summed E-state index contributed by atoms with van der Waals surface area (Å²) in [6, 6.07) is 2.98. The fraction of sp³-hybridized carbons (Fsp3) is 0.500. The maximum absolute atomic E-state index is 11.8. The standard InChI is InChI=1S/C12H17N3O6/c16-5-7-8(17)9(18)10(19)12(21-7)15-14-11(20)6-1-3-13-4-2-6/h1-4,7-10,12,15-19H,5H2,(H,14,20)/t7?,8-,9-,10-,12+/m0/s1. The van der Waals surface area contributed by atoms with Crippen LogP contribution < -0.4 is 10.9 Å². The first-order chi connectivity index (χ1) is 10.0. The highest BCUT2D eigenvalue weighted by Crippen LogP contribution is 2.19. The highest BCUT2D eigenvalue weighted by atomic mass is 16.6. The van der Waals surface area contributed by atoms with Crippen LogP contribution in [0, 0.1) is 0 Å². The molecule has 1 aromatic heterocycles. The minimum absolute atomic E-state index is 0.335. The van der Waals surface area contributed by atoms with E-state index < -0.39 is 43.2 Å². The highest BCUT2D eigenvalue weighted by molar-refractivity contribution is 5.93. The second-order valence-electron chi connectivity index (χ2n) is 4.58. The van der Waals surface area contributed by atoms with Crippen LogP contribution in [0.15, 0.2) is 24.5 Å². The van der Waals surface area contributed by atoms with Gasteiger partial charge in [-0.2, -0.15) is 0 Å². The van der Waals surface area contributed by atoms with E-state index in [1.807, 2.05) is 0 Å². The van der Waals surface area contributed by atoms with E-state index in [9.17, 15) is 20.1 Å². The Morgan fingerprint density at radius 2 is 1.86 bits per heavy atom. The summed E-state index contributed by atoms with van der Waals surface area (Å²) in [6.07, 6.45) is -3.75. The van der Waals surface area contributed by atoms with Gasteiger partial charge in [-0.05, 0) is 12.1 Å². The van der Waals surface area contributed by atoms with Crippen LogP contribution in [0.25, 0.3) is 0 Å². The Bertz CT molecular complexity index is 471. The molecule has 1 fully saturated rings. The summed E-state index contributed by atoms with van der Waals surface area (Å²) in [5.41, 5.74) is 5.05. The molecule has 1 aliphatic rings. The highest BCUT2D eigenvalue weighted by Gasteiger charge is 2.43. The molecule has 2 heterocycles. The van der Waals surface area contributed by atoms with Crippen molar-refractivity contribution in [3.8, 4) is 0 Å². The molecular formula is C12H17N3O6. The van der Waals surface area contributed by atoms with Gasteiger partial charge in [0.1, 0.15) is 24.4 Å². The molecule has 1 saturated heterocycles.